The summed E-state index contributed by atoms with van der Waals surface area (Å²) in [6.07, 6.45) is 6.69. The molecule has 0 saturated heterocycles. The predicted molar refractivity (Wildman–Crippen MR) is 69.2 cm³/mol. The molecule has 0 amide bonds. The molecule has 3 N–H and O–H groups in total. The number of hydrogen-bond acceptors (Lipinski definition) is 3. The Kier molecular flexibility index (Phi) is 6.34. The predicted octanol–water partition coefficient (Wildman–Crippen LogP) is 2.74. The standard InChI is InChI=1S/C13H26N2O2/c1-10-6-7-12(9-11(10)2)17-8-4-3-5-13(14)15-16/h10-12,16H,3-9H2,1-2H3,(H2,14,15). The average molecular weight is 242 g/mol. The molecule has 0 aromatic rings. The number of oxime groups is 1. The van der Waals surface area contributed by atoms with E-state index in [2.05, 4.69) is 19.0 Å². The summed E-state index contributed by atoms with van der Waals surface area (Å²) < 4.78 is 5.87. The van der Waals surface area contributed by atoms with Crippen molar-refractivity contribution in [2.45, 2.75) is 58.5 Å². The smallest absolute Gasteiger partial charge is 0.139 e. The summed E-state index contributed by atoms with van der Waals surface area (Å²) in [5.41, 5.74) is 5.39. The van der Waals surface area contributed by atoms with Crippen LogP contribution < -0.4 is 5.73 Å². The lowest BCUT2D eigenvalue weighted by molar-refractivity contribution is 0.00129. The van der Waals surface area contributed by atoms with Crippen molar-refractivity contribution in [3.05, 3.63) is 0 Å². The fraction of sp³-hybridized carbons (Fsp3) is 0.923. The van der Waals surface area contributed by atoms with Crippen molar-refractivity contribution in [2.24, 2.45) is 22.7 Å². The molecule has 0 aromatic heterocycles. The average Bonchev–Trinajstić information content (AvgIpc) is 2.33. The maximum absolute atomic E-state index is 8.38. The van der Waals surface area contributed by atoms with Crippen LogP contribution in [0.4, 0.5) is 0 Å². The summed E-state index contributed by atoms with van der Waals surface area (Å²) in [4.78, 5) is 0. The molecule has 0 spiro atoms. The van der Waals surface area contributed by atoms with E-state index in [-0.39, 0.29) is 0 Å². The Morgan fingerprint density at radius 1 is 1.29 bits per heavy atom. The third-order valence-electron chi connectivity index (χ3n) is 3.86. The minimum Gasteiger partial charge on any atom is -0.409 e. The Hall–Kier alpha value is -0.770. The molecule has 4 heteroatoms. The fourth-order valence-corrected chi connectivity index (χ4v) is 2.36. The first-order valence-electron chi connectivity index (χ1n) is 6.71. The summed E-state index contributed by atoms with van der Waals surface area (Å²) >= 11 is 0. The second kappa shape index (κ2) is 7.54. The van der Waals surface area contributed by atoms with E-state index in [0.29, 0.717) is 18.4 Å². The van der Waals surface area contributed by atoms with Crippen LogP contribution in [0.25, 0.3) is 0 Å². The van der Waals surface area contributed by atoms with Crippen LogP contribution in [0.5, 0.6) is 0 Å². The van der Waals surface area contributed by atoms with Crippen molar-refractivity contribution in [3.8, 4) is 0 Å². The van der Waals surface area contributed by atoms with Gasteiger partial charge in [0.05, 0.1) is 6.10 Å². The Morgan fingerprint density at radius 2 is 2.06 bits per heavy atom. The van der Waals surface area contributed by atoms with Gasteiger partial charge in [-0.15, -0.1) is 0 Å². The molecule has 0 aromatic carbocycles. The van der Waals surface area contributed by atoms with Crippen LogP contribution in [-0.4, -0.2) is 23.8 Å². The van der Waals surface area contributed by atoms with E-state index in [1.807, 2.05) is 0 Å². The van der Waals surface area contributed by atoms with Crippen LogP contribution in [0.3, 0.4) is 0 Å². The molecular weight excluding hydrogens is 216 g/mol. The molecule has 1 saturated carbocycles. The Morgan fingerprint density at radius 3 is 2.71 bits per heavy atom. The highest BCUT2D eigenvalue weighted by molar-refractivity contribution is 5.79. The highest BCUT2D eigenvalue weighted by Crippen LogP contribution is 2.30. The zero-order valence-electron chi connectivity index (χ0n) is 11.1. The summed E-state index contributed by atoms with van der Waals surface area (Å²) in [6, 6.07) is 0. The van der Waals surface area contributed by atoms with Gasteiger partial charge in [0.15, 0.2) is 0 Å². The first-order valence-corrected chi connectivity index (χ1v) is 6.71. The highest BCUT2D eigenvalue weighted by Gasteiger charge is 2.24. The van der Waals surface area contributed by atoms with E-state index >= 15 is 0 Å². The molecule has 1 fully saturated rings. The van der Waals surface area contributed by atoms with Gasteiger partial charge >= 0.3 is 0 Å². The topological polar surface area (TPSA) is 67.8 Å². The molecule has 0 aliphatic heterocycles. The minimum atomic E-state index is 0.310. The molecular formula is C13H26N2O2. The maximum Gasteiger partial charge on any atom is 0.139 e. The van der Waals surface area contributed by atoms with Crippen LogP contribution >= 0.6 is 0 Å². The Bertz CT molecular complexity index is 244. The quantitative estimate of drug-likeness (QED) is 0.247. The molecule has 0 radical (unpaired) electrons. The van der Waals surface area contributed by atoms with E-state index in [4.69, 9.17) is 15.7 Å². The first-order chi connectivity index (χ1) is 8.13. The Balaban J connectivity index is 2.03. The lowest BCUT2D eigenvalue weighted by Gasteiger charge is -2.31. The molecule has 3 atom stereocenters. The number of ether oxygens (including phenoxy) is 1. The van der Waals surface area contributed by atoms with Gasteiger partial charge in [0.2, 0.25) is 0 Å². The van der Waals surface area contributed by atoms with E-state index < -0.39 is 0 Å². The van der Waals surface area contributed by atoms with Gasteiger partial charge in [-0.2, -0.15) is 0 Å². The van der Waals surface area contributed by atoms with Crippen molar-refractivity contribution in [2.75, 3.05) is 6.61 Å². The SMILES string of the molecule is CC1CCC(OCCCCC(N)=NO)CC1C. The van der Waals surface area contributed by atoms with Crippen molar-refractivity contribution in [1.82, 2.24) is 0 Å². The van der Waals surface area contributed by atoms with Crippen LogP contribution in [0.2, 0.25) is 0 Å². The second-order valence-corrected chi connectivity index (χ2v) is 5.31. The summed E-state index contributed by atoms with van der Waals surface area (Å²) in [5.74, 6) is 1.94. The maximum atomic E-state index is 8.38. The van der Waals surface area contributed by atoms with Crippen molar-refractivity contribution < 1.29 is 9.94 Å². The van der Waals surface area contributed by atoms with Crippen molar-refractivity contribution >= 4 is 5.84 Å². The number of nitrogens with two attached hydrogens (primary N) is 1. The van der Waals surface area contributed by atoms with Gasteiger partial charge in [0, 0.05) is 13.0 Å². The molecule has 3 unspecified atom stereocenters. The van der Waals surface area contributed by atoms with Gasteiger partial charge in [-0.25, -0.2) is 0 Å². The van der Waals surface area contributed by atoms with Crippen molar-refractivity contribution in [3.63, 3.8) is 0 Å². The van der Waals surface area contributed by atoms with Gasteiger partial charge in [-0.3, -0.25) is 0 Å². The minimum absolute atomic E-state index is 0.310. The van der Waals surface area contributed by atoms with E-state index in [1.54, 1.807) is 0 Å². The van der Waals surface area contributed by atoms with Crippen LogP contribution in [0.15, 0.2) is 5.16 Å². The molecule has 4 nitrogen and oxygen atoms in total. The number of hydrogen-bond donors (Lipinski definition) is 2. The third-order valence-corrected chi connectivity index (χ3v) is 3.86. The monoisotopic (exact) mass is 242 g/mol. The molecule has 17 heavy (non-hydrogen) atoms. The number of unbranched alkanes of at least 4 members (excludes halogenated alkanes) is 1. The normalized spacial score (nSPS) is 30.5. The van der Waals surface area contributed by atoms with Crippen LogP contribution in [0, 0.1) is 11.8 Å². The third kappa shape index (κ3) is 5.39. The lowest BCUT2D eigenvalue weighted by atomic mass is 9.80. The number of amidine groups is 1. The summed E-state index contributed by atoms with van der Waals surface area (Å²) in [7, 11) is 0. The van der Waals surface area contributed by atoms with Gasteiger partial charge in [0.25, 0.3) is 0 Å². The van der Waals surface area contributed by atoms with E-state index in [0.717, 1.165) is 31.3 Å². The van der Waals surface area contributed by atoms with Gasteiger partial charge in [-0.05, 0) is 43.9 Å². The van der Waals surface area contributed by atoms with E-state index in [9.17, 15) is 0 Å². The fourth-order valence-electron chi connectivity index (χ4n) is 2.36. The van der Waals surface area contributed by atoms with Gasteiger partial charge in [0.1, 0.15) is 5.84 Å². The molecule has 1 aliphatic carbocycles. The molecule has 1 rings (SSSR count). The lowest BCUT2D eigenvalue weighted by Crippen LogP contribution is -2.27. The molecule has 1 aliphatic rings. The highest BCUT2D eigenvalue weighted by atomic mass is 16.5. The second-order valence-electron chi connectivity index (χ2n) is 5.31. The number of rotatable bonds is 6. The summed E-state index contributed by atoms with van der Waals surface area (Å²) in [5, 5.41) is 11.3. The Labute approximate surface area is 104 Å². The summed E-state index contributed by atoms with van der Waals surface area (Å²) in [6.45, 7) is 5.45. The molecule has 0 bridgehead atoms. The number of nitrogens with zero attached hydrogens (tertiary/aromatic N) is 1. The van der Waals surface area contributed by atoms with Gasteiger partial charge < -0.3 is 15.7 Å². The van der Waals surface area contributed by atoms with Gasteiger partial charge in [-0.1, -0.05) is 19.0 Å². The zero-order valence-corrected chi connectivity index (χ0v) is 11.1. The van der Waals surface area contributed by atoms with Crippen LogP contribution in [0.1, 0.15) is 52.4 Å². The molecule has 0 heterocycles. The first kappa shape index (κ1) is 14.3. The van der Waals surface area contributed by atoms with Crippen LogP contribution in [-0.2, 0) is 4.74 Å². The van der Waals surface area contributed by atoms with Crippen molar-refractivity contribution in [1.29, 1.82) is 0 Å². The largest absolute Gasteiger partial charge is 0.409 e. The molecule has 100 valence electrons. The zero-order chi connectivity index (χ0) is 12.7. The van der Waals surface area contributed by atoms with E-state index in [1.165, 1.54) is 19.3 Å².